The Hall–Kier alpha value is -1.26. The van der Waals surface area contributed by atoms with E-state index >= 15 is 0 Å². The fourth-order valence-corrected chi connectivity index (χ4v) is 1.32. The second kappa shape index (κ2) is 7.95. The molecule has 106 valence electrons. The minimum absolute atomic E-state index is 0.00958. The molecule has 0 aromatic carbocycles. The zero-order valence-corrected chi connectivity index (χ0v) is 12.2. The summed E-state index contributed by atoms with van der Waals surface area (Å²) in [5.41, 5.74) is 0. The lowest BCUT2D eigenvalue weighted by Gasteiger charge is -2.22. The first-order chi connectivity index (χ1) is 8.23. The Labute approximate surface area is 110 Å². The predicted molar refractivity (Wildman–Crippen MR) is 71.2 cm³/mol. The van der Waals surface area contributed by atoms with Crippen molar-refractivity contribution in [1.82, 2.24) is 10.6 Å². The molecule has 0 rings (SSSR count). The lowest BCUT2D eigenvalue weighted by Crippen LogP contribution is -2.51. The summed E-state index contributed by atoms with van der Waals surface area (Å²) in [4.78, 5) is 23.4. The zero-order valence-electron chi connectivity index (χ0n) is 12.2. The fourth-order valence-electron chi connectivity index (χ4n) is 1.32. The first-order valence-electron chi connectivity index (χ1n) is 6.47. The summed E-state index contributed by atoms with van der Waals surface area (Å²) in [5.74, 6) is 0.106. The third kappa shape index (κ3) is 7.14. The molecule has 1 atom stereocenters. The Balaban J connectivity index is 4.35. The molecule has 5 heteroatoms. The van der Waals surface area contributed by atoms with Crippen LogP contribution >= 0.6 is 0 Å². The molecule has 2 N–H and O–H groups in total. The van der Waals surface area contributed by atoms with Gasteiger partial charge in [0.25, 0.3) is 0 Å². The van der Waals surface area contributed by atoms with Crippen LogP contribution in [0.2, 0.25) is 0 Å². The number of nitrogens with one attached hydrogen (secondary N) is 2. The van der Waals surface area contributed by atoms with E-state index in [1.54, 1.807) is 0 Å². The Kier molecular flexibility index (Phi) is 7.39. The molecule has 0 saturated carbocycles. The maximum absolute atomic E-state index is 11.9. The molecule has 0 radical (unpaired) electrons. The molecular weight excluding hydrogens is 232 g/mol. The molecule has 0 aliphatic rings. The van der Waals surface area contributed by atoms with Gasteiger partial charge in [0, 0.05) is 6.04 Å². The average Bonchev–Trinajstić information content (AvgIpc) is 2.21. The van der Waals surface area contributed by atoms with Crippen molar-refractivity contribution < 1.29 is 14.3 Å². The Morgan fingerprint density at radius 3 is 1.94 bits per heavy atom. The number of carbonyl (C=O) groups is 2. The average molecular weight is 258 g/mol. The number of ether oxygens (including phenoxy) is 1. The van der Waals surface area contributed by atoms with Gasteiger partial charge in [0.15, 0.2) is 0 Å². The van der Waals surface area contributed by atoms with Crippen molar-refractivity contribution in [1.29, 1.82) is 0 Å². The Morgan fingerprint density at radius 1 is 1.00 bits per heavy atom. The molecule has 0 aromatic heterocycles. The summed E-state index contributed by atoms with van der Waals surface area (Å²) in [7, 11) is 0. The van der Waals surface area contributed by atoms with E-state index < -0.39 is 12.1 Å². The van der Waals surface area contributed by atoms with Gasteiger partial charge < -0.3 is 15.4 Å². The van der Waals surface area contributed by atoms with Gasteiger partial charge in [-0.25, -0.2) is 4.79 Å². The number of hydrogen-bond donors (Lipinski definition) is 2. The Bertz CT molecular complexity index is 275. The summed E-state index contributed by atoms with van der Waals surface area (Å²) in [6.07, 6.45) is -0.540. The molecule has 0 heterocycles. The first kappa shape index (κ1) is 16.7. The summed E-state index contributed by atoms with van der Waals surface area (Å²) in [5, 5.41) is 5.39. The molecule has 0 bridgehead atoms. The molecule has 2 amide bonds. The fraction of sp³-hybridized carbons (Fsp3) is 0.846. The zero-order chi connectivity index (χ0) is 14.3. The highest BCUT2D eigenvalue weighted by molar-refractivity contribution is 5.86. The van der Waals surface area contributed by atoms with Crippen molar-refractivity contribution in [3.8, 4) is 0 Å². The molecular formula is C13H26N2O3. The van der Waals surface area contributed by atoms with Gasteiger partial charge in [-0.05, 0) is 25.7 Å². The second-order valence-electron chi connectivity index (χ2n) is 5.52. The summed E-state index contributed by atoms with van der Waals surface area (Å²) >= 11 is 0. The Morgan fingerprint density at radius 2 is 1.56 bits per heavy atom. The number of amides is 2. The van der Waals surface area contributed by atoms with Crippen LogP contribution in [-0.2, 0) is 9.53 Å². The number of alkyl carbamates (subject to hydrolysis) is 1. The van der Waals surface area contributed by atoms with Crippen LogP contribution in [0.5, 0.6) is 0 Å². The van der Waals surface area contributed by atoms with E-state index in [0.717, 1.165) is 0 Å². The van der Waals surface area contributed by atoms with E-state index in [9.17, 15) is 9.59 Å². The van der Waals surface area contributed by atoms with Gasteiger partial charge in [-0.2, -0.15) is 0 Å². The molecule has 0 aliphatic heterocycles. The van der Waals surface area contributed by atoms with Gasteiger partial charge >= 0.3 is 6.09 Å². The largest absolute Gasteiger partial charge is 0.449 e. The molecule has 0 fully saturated rings. The quantitative estimate of drug-likeness (QED) is 0.765. The molecule has 5 nitrogen and oxygen atoms in total. The molecule has 0 saturated heterocycles. The number of rotatable bonds is 6. The molecule has 0 spiro atoms. The smallest absolute Gasteiger partial charge is 0.407 e. The third-order valence-corrected chi connectivity index (χ3v) is 2.20. The van der Waals surface area contributed by atoms with Crippen molar-refractivity contribution in [2.45, 2.75) is 53.6 Å². The van der Waals surface area contributed by atoms with Crippen LogP contribution < -0.4 is 10.6 Å². The van der Waals surface area contributed by atoms with Crippen molar-refractivity contribution >= 4 is 12.0 Å². The van der Waals surface area contributed by atoms with Gasteiger partial charge in [0.2, 0.25) is 5.91 Å². The highest BCUT2D eigenvalue weighted by Crippen LogP contribution is 2.03. The topological polar surface area (TPSA) is 67.4 Å². The van der Waals surface area contributed by atoms with Crippen molar-refractivity contribution in [2.24, 2.45) is 11.8 Å². The number of carbonyl (C=O) groups excluding carboxylic acids is 2. The van der Waals surface area contributed by atoms with Crippen LogP contribution in [0.25, 0.3) is 0 Å². The van der Waals surface area contributed by atoms with E-state index in [1.807, 2.05) is 41.5 Å². The normalized spacial score (nSPS) is 12.7. The minimum Gasteiger partial charge on any atom is -0.449 e. The standard InChI is InChI=1S/C13H26N2O3/c1-8(2)7-18-13(17)15-11(9(3)4)12(16)14-10(5)6/h8-11H,7H2,1-6H3,(H,14,16)(H,15,17)/t11-/m0/s1. The predicted octanol–water partition coefficient (Wildman–Crippen LogP) is 1.92. The molecule has 0 aromatic rings. The van der Waals surface area contributed by atoms with E-state index in [4.69, 9.17) is 4.74 Å². The maximum atomic E-state index is 11.9. The first-order valence-corrected chi connectivity index (χ1v) is 6.47. The van der Waals surface area contributed by atoms with Crippen LogP contribution in [0.3, 0.4) is 0 Å². The van der Waals surface area contributed by atoms with Crippen molar-refractivity contribution in [3.63, 3.8) is 0 Å². The van der Waals surface area contributed by atoms with E-state index in [2.05, 4.69) is 10.6 Å². The van der Waals surface area contributed by atoms with Gasteiger partial charge in [-0.1, -0.05) is 27.7 Å². The van der Waals surface area contributed by atoms with Crippen LogP contribution in [0.1, 0.15) is 41.5 Å². The van der Waals surface area contributed by atoms with Crippen LogP contribution in [0.15, 0.2) is 0 Å². The highest BCUT2D eigenvalue weighted by atomic mass is 16.5. The van der Waals surface area contributed by atoms with Gasteiger partial charge in [-0.15, -0.1) is 0 Å². The SMILES string of the molecule is CC(C)COC(=O)N[C@H](C(=O)NC(C)C)C(C)C. The second-order valence-corrected chi connectivity index (χ2v) is 5.52. The van der Waals surface area contributed by atoms with Gasteiger partial charge in [0.05, 0.1) is 6.61 Å². The third-order valence-electron chi connectivity index (χ3n) is 2.20. The minimum atomic E-state index is -0.563. The monoisotopic (exact) mass is 258 g/mol. The maximum Gasteiger partial charge on any atom is 0.407 e. The van der Waals surface area contributed by atoms with Gasteiger partial charge in [-0.3, -0.25) is 4.79 Å². The van der Waals surface area contributed by atoms with Gasteiger partial charge in [0.1, 0.15) is 6.04 Å². The highest BCUT2D eigenvalue weighted by Gasteiger charge is 2.25. The van der Waals surface area contributed by atoms with Crippen molar-refractivity contribution in [2.75, 3.05) is 6.61 Å². The van der Waals surface area contributed by atoms with Crippen molar-refractivity contribution in [3.05, 3.63) is 0 Å². The molecule has 18 heavy (non-hydrogen) atoms. The van der Waals surface area contributed by atoms with Crippen LogP contribution in [0.4, 0.5) is 4.79 Å². The lowest BCUT2D eigenvalue weighted by molar-refractivity contribution is -0.124. The van der Waals surface area contributed by atoms with Crippen LogP contribution in [0, 0.1) is 11.8 Å². The van der Waals surface area contributed by atoms with E-state index in [1.165, 1.54) is 0 Å². The summed E-state index contributed by atoms with van der Waals surface area (Å²) < 4.78 is 5.01. The van der Waals surface area contributed by atoms with E-state index in [0.29, 0.717) is 6.61 Å². The number of hydrogen-bond acceptors (Lipinski definition) is 3. The molecule has 0 aliphatic carbocycles. The van der Waals surface area contributed by atoms with E-state index in [-0.39, 0.29) is 23.8 Å². The lowest BCUT2D eigenvalue weighted by atomic mass is 10.0. The summed E-state index contributed by atoms with van der Waals surface area (Å²) in [6.45, 7) is 11.8. The molecule has 0 unspecified atom stereocenters. The van der Waals surface area contributed by atoms with Crippen LogP contribution in [-0.4, -0.2) is 30.7 Å². The summed E-state index contributed by atoms with van der Waals surface area (Å²) in [6, 6.07) is -0.515.